The fourth-order valence-electron chi connectivity index (χ4n) is 3.84. The van der Waals surface area contributed by atoms with E-state index in [9.17, 15) is 8.42 Å². The van der Waals surface area contributed by atoms with E-state index in [0.29, 0.717) is 29.7 Å². The molecular formula is C24H34IN3O3S. The molecule has 2 atom stereocenters. The third-order valence-corrected chi connectivity index (χ3v) is 7.41. The number of nitrogens with one attached hydrogen (secondary N) is 2. The first-order valence-corrected chi connectivity index (χ1v) is 12.6. The van der Waals surface area contributed by atoms with Gasteiger partial charge in [-0.1, -0.05) is 48.0 Å². The third kappa shape index (κ3) is 7.74. The van der Waals surface area contributed by atoms with Crippen molar-refractivity contribution in [3.05, 3.63) is 65.7 Å². The molecule has 2 aromatic carbocycles. The lowest BCUT2D eigenvalue weighted by atomic mass is 9.89. The Labute approximate surface area is 209 Å². The minimum absolute atomic E-state index is 0. The molecule has 0 aliphatic carbocycles. The van der Waals surface area contributed by atoms with E-state index < -0.39 is 9.84 Å². The van der Waals surface area contributed by atoms with Crippen molar-refractivity contribution in [2.45, 2.75) is 37.2 Å². The van der Waals surface area contributed by atoms with Crippen LogP contribution < -0.4 is 10.6 Å². The molecular weight excluding hydrogens is 537 g/mol. The highest BCUT2D eigenvalue weighted by Crippen LogP contribution is 2.33. The topological polar surface area (TPSA) is 79.8 Å². The highest BCUT2D eigenvalue weighted by atomic mass is 127. The van der Waals surface area contributed by atoms with Crippen LogP contribution in [0.25, 0.3) is 0 Å². The van der Waals surface area contributed by atoms with Crippen molar-refractivity contribution in [3.63, 3.8) is 0 Å². The summed E-state index contributed by atoms with van der Waals surface area (Å²) in [7, 11) is -1.53. The zero-order valence-electron chi connectivity index (χ0n) is 18.8. The number of guanidine groups is 1. The number of rotatable bonds is 8. The van der Waals surface area contributed by atoms with Crippen molar-refractivity contribution in [1.82, 2.24) is 10.6 Å². The minimum atomic E-state index is -3.25. The van der Waals surface area contributed by atoms with Crippen LogP contribution in [0.2, 0.25) is 0 Å². The zero-order chi connectivity index (χ0) is 22.1. The van der Waals surface area contributed by atoms with E-state index in [0.717, 1.165) is 26.0 Å². The second kappa shape index (κ2) is 13.2. The van der Waals surface area contributed by atoms with Crippen molar-refractivity contribution in [2.75, 3.05) is 32.5 Å². The summed E-state index contributed by atoms with van der Waals surface area (Å²) in [5.41, 5.74) is 2.46. The molecule has 1 saturated heterocycles. The number of hydrogen-bond acceptors (Lipinski definition) is 4. The predicted octanol–water partition coefficient (Wildman–Crippen LogP) is 4.11. The first kappa shape index (κ1) is 26.6. The molecule has 0 saturated carbocycles. The van der Waals surface area contributed by atoms with Gasteiger partial charge in [0, 0.05) is 32.7 Å². The Kier molecular flexibility index (Phi) is 10.9. The molecule has 2 aromatic rings. The average molecular weight is 572 g/mol. The summed E-state index contributed by atoms with van der Waals surface area (Å²) in [5, 5.41) is 6.62. The molecule has 1 fully saturated rings. The lowest BCUT2D eigenvalue weighted by Gasteiger charge is -2.32. The van der Waals surface area contributed by atoms with Crippen LogP contribution in [-0.4, -0.2) is 46.9 Å². The van der Waals surface area contributed by atoms with Crippen LogP contribution in [0.15, 0.2) is 64.5 Å². The van der Waals surface area contributed by atoms with Gasteiger partial charge in [-0.2, -0.15) is 0 Å². The third-order valence-electron chi connectivity index (χ3n) is 5.59. The molecule has 3 rings (SSSR count). The molecule has 1 aliphatic heterocycles. The van der Waals surface area contributed by atoms with Crippen LogP contribution in [0.4, 0.5) is 0 Å². The number of benzene rings is 2. The number of ether oxygens (including phenoxy) is 1. The minimum Gasteiger partial charge on any atom is -0.373 e. The number of sulfone groups is 1. The normalized spacial score (nSPS) is 19.1. The van der Waals surface area contributed by atoms with Gasteiger partial charge in [-0.15, -0.1) is 24.0 Å². The van der Waals surface area contributed by atoms with Crippen LogP contribution in [0.3, 0.4) is 0 Å². The molecule has 0 radical (unpaired) electrons. The molecule has 0 amide bonds. The molecule has 1 aliphatic rings. The van der Waals surface area contributed by atoms with Crippen LogP contribution in [0.5, 0.6) is 0 Å². The van der Waals surface area contributed by atoms with Crippen molar-refractivity contribution >= 4 is 39.8 Å². The van der Waals surface area contributed by atoms with Gasteiger partial charge in [0.05, 0.1) is 16.8 Å². The van der Waals surface area contributed by atoms with Crippen molar-refractivity contribution in [2.24, 2.45) is 10.9 Å². The number of aliphatic imine (C=N–C) groups is 1. The first-order chi connectivity index (χ1) is 15.0. The summed E-state index contributed by atoms with van der Waals surface area (Å²) < 4.78 is 30.9. The summed E-state index contributed by atoms with van der Waals surface area (Å²) in [6.45, 7) is 4.16. The molecule has 0 bridgehead atoms. The lowest BCUT2D eigenvalue weighted by molar-refractivity contribution is -0.0265. The largest absolute Gasteiger partial charge is 0.373 e. The van der Waals surface area contributed by atoms with Gasteiger partial charge in [0.15, 0.2) is 15.8 Å². The molecule has 0 spiro atoms. The summed E-state index contributed by atoms with van der Waals surface area (Å²) in [6, 6.07) is 17.1. The van der Waals surface area contributed by atoms with E-state index in [1.807, 2.05) is 6.07 Å². The Bertz CT molecular complexity index is 950. The second-order valence-electron chi connectivity index (χ2n) is 7.97. The van der Waals surface area contributed by atoms with Crippen molar-refractivity contribution < 1.29 is 13.2 Å². The smallest absolute Gasteiger partial charge is 0.190 e. The predicted molar refractivity (Wildman–Crippen MR) is 140 cm³/mol. The molecule has 32 heavy (non-hydrogen) atoms. The van der Waals surface area contributed by atoms with Gasteiger partial charge in [-0.25, -0.2) is 8.42 Å². The van der Waals surface area contributed by atoms with Crippen molar-refractivity contribution in [1.29, 1.82) is 0 Å². The molecule has 2 N–H and O–H groups in total. The molecule has 2 unspecified atom stereocenters. The quantitative estimate of drug-likeness (QED) is 0.216. The molecule has 0 aromatic heterocycles. The van der Waals surface area contributed by atoms with Gasteiger partial charge >= 0.3 is 0 Å². The standard InChI is InChI=1S/C24H33N3O3S.HI/c1-19-11-13-20(14-12-19)23-21(8-6-16-30-23)18-27-24(25-2)26-15-7-17-31(28,29)22-9-4-3-5-10-22;/h3-5,9-14,21,23H,6-8,15-18H2,1-2H3,(H2,25,26,27);1H. The van der Waals surface area contributed by atoms with E-state index >= 15 is 0 Å². The fraction of sp³-hybridized carbons (Fsp3) is 0.458. The van der Waals surface area contributed by atoms with Gasteiger partial charge in [0.1, 0.15) is 0 Å². The maximum Gasteiger partial charge on any atom is 0.190 e. The van der Waals surface area contributed by atoms with E-state index in [-0.39, 0.29) is 35.8 Å². The maximum atomic E-state index is 12.4. The molecule has 6 nitrogen and oxygen atoms in total. The van der Waals surface area contributed by atoms with Crippen LogP contribution >= 0.6 is 24.0 Å². The SMILES string of the molecule is CN=C(NCCCS(=O)(=O)c1ccccc1)NCC1CCCOC1c1ccc(C)cc1.I. The number of hydrogen-bond donors (Lipinski definition) is 2. The Morgan fingerprint density at radius 1 is 1.09 bits per heavy atom. The highest BCUT2D eigenvalue weighted by Gasteiger charge is 2.27. The van der Waals surface area contributed by atoms with Gasteiger partial charge in [0.2, 0.25) is 0 Å². The van der Waals surface area contributed by atoms with E-state index in [1.54, 1.807) is 31.3 Å². The average Bonchev–Trinajstić information content (AvgIpc) is 2.80. The Hall–Kier alpha value is -1.65. The molecule has 1 heterocycles. The monoisotopic (exact) mass is 571 g/mol. The van der Waals surface area contributed by atoms with Gasteiger partial charge in [-0.3, -0.25) is 4.99 Å². The Morgan fingerprint density at radius 3 is 2.50 bits per heavy atom. The summed E-state index contributed by atoms with van der Waals surface area (Å²) in [4.78, 5) is 4.65. The maximum absolute atomic E-state index is 12.4. The summed E-state index contributed by atoms with van der Waals surface area (Å²) in [6.07, 6.45) is 2.74. The Morgan fingerprint density at radius 2 is 1.81 bits per heavy atom. The van der Waals surface area contributed by atoms with E-state index in [4.69, 9.17) is 4.74 Å². The summed E-state index contributed by atoms with van der Waals surface area (Å²) >= 11 is 0. The number of nitrogens with zero attached hydrogens (tertiary/aromatic N) is 1. The molecule has 8 heteroatoms. The van der Waals surface area contributed by atoms with Crippen molar-refractivity contribution in [3.8, 4) is 0 Å². The van der Waals surface area contributed by atoms with Gasteiger partial charge in [-0.05, 0) is 43.9 Å². The van der Waals surface area contributed by atoms with Crippen LogP contribution in [0.1, 0.15) is 36.5 Å². The lowest BCUT2D eigenvalue weighted by Crippen LogP contribution is -2.42. The van der Waals surface area contributed by atoms with Gasteiger partial charge < -0.3 is 15.4 Å². The van der Waals surface area contributed by atoms with Gasteiger partial charge in [0.25, 0.3) is 0 Å². The number of aryl methyl sites for hydroxylation is 1. The highest BCUT2D eigenvalue weighted by molar-refractivity contribution is 14.0. The second-order valence-corrected chi connectivity index (χ2v) is 10.1. The summed E-state index contributed by atoms with van der Waals surface area (Å²) in [5.74, 6) is 1.14. The first-order valence-electron chi connectivity index (χ1n) is 10.9. The number of halogens is 1. The zero-order valence-corrected chi connectivity index (χ0v) is 21.9. The Balaban J connectivity index is 0.00000363. The fourth-order valence-corrected chi connectivity index (χ4v) is 5.17. The van der Waals surface area contributed by atoms with Crippen LogP contribution in [0, 0.1) is 12.8 Å². The van der Waals surface area contributed by atoms with E-state index in [2.05, 4.69) is 46.8 Å². The van der Waals surface area contributed by atoms with E-state index in [1.165, 1.54) is 11.1 Å². The van der Waals surface area contributed by atoms with Crippen LogP contribution in [-0.2, 0) is 14.6 Å². The molecule has 176 valence electrons.